The summed E-state index contributed by atoms with van der Waals surface area (Å²) < 4.78 is 0. The van der Waals surface area contributed by atoms with Crippen molar-refractivity contribution < 1.29 is 14.4 Å². The number of rotatable bonds is 2. The molecule has 0 aliphatic carbocycles. The Kier molecular flexibility index (Phi) is 3.55. The summed E-state index contributed by atoms with van der Waals surface area (Å²) in [4.78, 5) is 31.8. The predicted octanol–water partition coefficient (Wildman–Crippen LogP) is 3.29. The number of benzene rings is 2. The average molecular weight is 361 g/mol. The summed E-state index contributed by atoms with van der Waals surface area (Å²) in [5.74, 6) is -1.67. The lowest BCUT2D eigenvalue weighted by atomic mass is 9.94. The third-order valence-electron chi connectivity index (χ3n) is 4.03. The maximum Gasteiger partial charge on any atom is 0.278 e. The maximum absolute atomic E-state index is 12.9. The number of carbonyl (C=O) groups is 2. The van der Waals surface area contributed by atoms with E-state index in [4.69, 9.17) is 28.0 Å². The molecule has 2 aliphatic rings. The molecule has 0 saturated carbocycles. The van der Waals surface area contributed by atoms with Gasteiger partial charge in [-0.1, -0.05) is 52.6 Å². The van der Waals surface area contributed by atoms with Crippen molar-refractivity contribution >= 4 is 46.4 Å². The number of fused-ring (bicyclic) bond motifs is 1. The van der Waals surface area contributed by atoms with Gasteiger partial charge in [-0.25, -0.2) is 4.90 Å². The summed E-state index contributed by atoms with van der Waals surface area (Å²) in [6.07, 6.45) is -0.970. The van der Waals surface area contributed by atoms with Crippen molar-refractivity contribution in [1.82, 2.24) is 0 Å². The summed E-state index contributed by atoms with van der Waals surface area (Å²) in [7, 11) is 0. The molecule has 2 aromatic rings. The van der Waals surface area contributed by atoms with Crippen molar-refractivity contribution in [2.75, 3.05) is 4.90 Å². The van der Waals surface area contributed by atoms with Crippen molar-refractivity contribution in [3.63, 3.8) is 0 Å². The van der Waals surface area contributed by atoms with Crippen molar-refractivity contribution in [2.24, 2.45) is 11.1 Å². The quantitative estimate of drug-likeness (QED) is 0.772. The molecule has 2 amide bonds. The van der Waals surface area contributed by atoms with E-state index in [-0.39, 0.29) is 0 Å². The van der Waals surface area contributed by atoms with E-state index in [1.54, 1.807) is 48.5 Å². The standard InChI is InChI=1S/C17H10Cl2N2O3/c18-9-4-3-5-10(8-9)21-16(22)13-14(20-24-15(13)17(21)23)11-6-1-2-7-12(11)19/h1-8,13,15H/t13-,15+/m0/s1. The van der Waals surface area contributed by atoms with E-state index in [0.717, 1.165) is 4.90 Å². The summed E-state index contributed by atoms with van der Waals surface area (Å²) in [6.45, 7) is 0. The zero-order chi connectivity index (χ0) is 16.8. The molecule has 2 aromatic carbocycles. The minimum absolute atomic E-state index is 0.369. The lowest BCUT2D eigenvalue weighted by molar-refractivity contribution is -0.126. The second kappa shape index (κ2) is 5.61. The second-order valence-electron chi connectivity index (χ2n) is 5.45. The average Bonchev–Trinajstić information content (AvgIpc) is 3.09. The van der Waals surface area contributed by atoms with E-state index in [2.05, 4.69) is 5.16 Å². The van der Waals surface area contributed by atoms with E-state index < -0.39 is 23.8 Å². The number of oxime groups is 1. The van der Waals surface area contributed by atoms with E-state index in [0.29, 0.717) is 27.0 Å². The normalized spacial score (nSPS) is 22.4. The highest BCUT2D eigenvalue weighted by atomic mass is 35.5. The largest absolute Gasteiger partial charge is 0.381 e. The highest BCUT2D eigenvalue weighted by Crippen LogP contribution is 2.36. The van der Waals surface area contributed by atoms with Crippen LogP contribution in [0.15, 0.2) is 53.7 Å². The summed E-state index contributed by atoms with van der Waals surface area (Å²) in [5.41, 5.74) is 1.36. The van der Waals surface area contributed by atoms with Crippen molar-refractivity contribution in [3.8, 4) is 0 Å². The van der Waals surface area contributed by atoms with E-state index >= 15 is 0 Å². The van der Waals surface area contributed by atoms with Gasteiger partial charge < -0.3 is 4.84 Å². The first kappa shape index (κ1) is 15.2. The van der Waals surface area contributed by atoms with Gasteiger partial charge in [-0.05, 0) is 24.3 Å². The molecule has 0 unspecified atom stereocenters. The number of imide groups is 1. The Bertz CT molecular complexity index is 897. The molecule has 0 radical (unpaired) electrons. The first-order valence-electron chi connectivity index (χ1n) is 7.20. The lowest BCUT2D eigenvalue weighted by Crippen LogP contribution is -2.33. The Morgan fingerprint density at radius 1 is 1.00 bits per heavy atom. The number of hydrogen-bond donors (Lipinski definition) is 0. The molecule has 120 valence electrons. The van der Waals surface area contributed by atoms with Gasteiger partial charge in [0.15, 0.2) is 0 Å². The predicted molar refractivity (Wildman–Crippen MR) is 90.3 cm³/mol. The van der Waals surface area contributed by atoms with Crippen LogP contribution in [0.4, 0.5) is 5.69 Å². The van der Waals surface area contributed by atoms with Crippen LogP contribution in [-0.4, -0.2) is 23.6 Å². The fourth-order valence-electron chi connectivity index (χ4n) is 2.94. The van der Waals surface area contributed by atoms with Crippen LogP contribution in [0.2, 0.25) is 10.0 Å². The second-order valence-corrected chi connectivity index (χ2v) is 6.30. The molecule has 0 N–H and O–H groups in total. The number of nitrogens with zero attached hydrogens (tertiary/aromatic N) is 2. The zero-order valence-corrected chi connectivity index (χ0v) is 13.7. The van der Waals surface area contributed by atoms with Crippen LogP contribution in [0, 0.1) is 5.92 Å². The molecule has 0 bridgehead atoms. The van der Waals surface area contributed by atoms with Gasteiger partial charge in [-0.2, -0.15) is 0 Å². The minimum Gasteiger partial charge on any atom is -0.381 e. The summed E-state index contributed by atoms with van der Waals surface area (Å²) in [5, 5.41) is 4.82. The molecular formula is C17H10Cl2N2O3. The molecule has 0 spiro atoms. The smallest absolute Gasteiger partial charge is 0.278 e. The van der Waals surface area contributed by atoms with E-state index in [1.807, 2.05) is 0 Å². The third-order valence-corrected chi connectivity index (χ3v) is 4.59. The number of carbonyl (C=O) groups excluding carboxylic acids is 2. The number of amides is 2. The number of halogens is 2. The first-order valence-corrected chi connectivity index (χ1v) is 7.95. The maximum atomic E-state index is 12.9. The Hall–Kier alpha value is -2.37. The van der Waals surface area contributed by atoms with Crippen LogP contribution in [0.5, 0.6) is 0 Å². The molecule has 5 nitrogen and oxygen atoms in total. The highest BCUT2D eigenvalue weighted by Gasteiger charge is 2.56. The van der Waals surface area contributed by atoms with Crippen LogP contribution in [0.25, 0.3) is 0 Å². The van der Waals surface area contributed by atoms with Gasteiger partial charge in [0.25, 0.3) is 5.91 Å². The van der Waals surface area contributed by atoms with Crippen LogP contribution in [-0.2, 0) is 14.4 Å². The SMILES string of the molecule is O=C1[C@H]2C(c3ccccc3Cl)=NO[C@H]2C(=O)N1c1cccc(Cl)c1. The van der Waals surface area contributed by atoms with Crippen LogP contribution in [0.1, 0.15) is 5.56 Å². The van der Waals surface area contributed by atoms with Gasteiger partial charge >= 0.3 is 0 Å². The fourth-order valence-corrected chi connectivity index (χ4v) is 3.36. The Morgan fingerprint density at radius 2 is 1.79 bits per heavy atom. The Morgan fingerprint density at radius 3 is 2.54 bits per heavy atom. The Labute approximate surface area is 147 Å². The molecule has 7 heteroatoms. The fraction of sp³-hybridized carbons (Fsp3) is 0.118. The van der Waals surface area contributed by atoms with Crippen LogP contribution < -0.4 is 4.90 Å². The zero-order valence-electron chi connectivity index (χ0n) is 12.1. The van der Waals surface area contributed by atoms with Gasteiger partial charge in [0.1, 0.15) is 11.6 Å². The number of anilines is 1. The molecular weight excluding hydrogens is 351 g/mol. The monoisotopic (exact) mass is 360 g/mol. The van der Waals surface area contributed by atoms with Crippen molar-refractivity contribution in [3.05, 3.63) is 64.1 Å². The molecule has 2 aliphatic heterocycles. The van der Waals surface area contributed by atoms with Gasteiger partial charge in [-0.3, -0.25) is 9.59 Å². The lowest BCUT2D eigenvalue weighted by Gasteiger charge is -2.15. The van der Waals surface area contributed by atoms with E-state index in [1.165, 1.54) is 0 Å². The van der Waals surface area contributed by atoms with Gasteiger partial charge in [0.2, 0.25) is 12.0 Å². The Balaban J connectivity index is 1.74. The molecule has 4 rings (SSSR count). The van der Waals surface area contributed by atoms with Crippen molar-refractivity contribution in [2.45, 2.75) is 6.10 Å². The van der Waals surface area contributed by atoms with Crippen molar-refractivity contribution in [1.29, 1.82) is 0 Å². The first-order chi connectivity index (χ1) is 11.6. The topological polar surface area (TPSA) is 59.0 Å². The molecule has 24 heavy (non-hydrogen) atoms. The molecule has 1 saturated heterocycles. The van der Waals surface area contributed by atoms with Crippen LogP contribution in [0.3, 0.4) is 0 Å². The van der Waals surface area contributed by atoms with Crippen LogP contribution >= 0.6 is 23.2 Å². The highest BCUT2D eigenvalue weighted by molar-refractivity contribution is 6.38. The molecule has 1 fully saturated rings. The molecule has 0 aromatic heterocycles. The molecule has 2 heterocycles. The van der Waals surface area contributed by atoms with Gasteiger partial charge in [0, 0.05) is 15.6 Å². The number of hydrogen-bond acceptors (Lipinski definition) is 4. The minimum atomic E-state index is -0.970. The summed E-state index contributed by atoms with van der Waals surface area (Å²) >= 11 is 12.2. The van der Waals surface area contributed by atoms with E-state index in [9.17, 15) is 9.59 Å². The summed E-state index contributed by atoms with van der Waals surface area (Å²) in [6, 6.07) is 13.6. The van der Waals surface area contributed by atoms with Gasteiger partial charge in [0.05, 0.1) is 5.69 Å². The molecule has 2 atom stereocenters. The third kappa shape index (κ3) is 2.20. The van der Waals surface area contributed by atoms with Gasteiger partial charge in [-0.15, -0.1) is 0 Å².